The normalized spacial score (nSPS) is 12.4. The number of hydrogen-bond donors (Lipinski definition) is 1. The quantitative estimate of drug-likeness (QED) is 0.239. The Labute approximate surface area is 239 Å². The van der Waals surface area contributed by atoms with E-state index >= 15 is 0 Å². The van der Waals surface area contributed by atoms with E-state index in [9.17, 15) is 0 Å². The Bertz CT molecular complexity index is 1560. The van der Waals surface area contributed by atoms with Gasteiger partial charge in [0.05, 0.1) is 11.4 Å². The van der Waals surface area contributed by atoms with E-state index in [4.69, 9.17) is 4.98 Å². The van der Waals surface area contributed by atoms with Crippen LogP contribution in [-0.2, 0) is 5.41 Å². The van der Waals surface area contributed by atoms with E-state index in [-0.39, 0.29) is 16.2 Å². The average molecular weight is 529 g/mol. The molecular weight excluding hydrogens is 488 g/mol. The number of nitrogens with one attached hydrogen (secondary N) is 1. The Hall–Kier alpha value is -4.18. The predicted octanol–water partition coefficient (Wildman–Crippen LogP) is 9.63. The lowest BCUT2D eigenvalue weighted by Gasteiger charge is -2.54. The molecule has 0 saturated heterocycles. The Morgan fingerprint density at radius 3 is 1.85 bits per heavy atom. The molecule has 0 bridgehead atoms. The molecule has 3 aromatic carbocycles. The van der Waals surface area contributed by atoms with Gasteiger partial charge in [-0.15, -0.1) is 0 Å². The number of H-pyrrole nitrogens is 1. The van der Waals surface area contributed by atoms with Gasteiger partial charge in [-0.1, -0.05) is 90.1 Å². The van der Waals surface area contributed by atoms with Crippen LogP contribution in [0.15, 0.2) is 109 Å². The monoisotopic (exact) mass is 528 g/mol. The van der Waals surface area contributed by atoms with E-state index in [2.05, 4.69) is 154 Å². The van der Waals surface area contributed by atoms with E-state index in [0.717, 1.165) is 39.7 Å². The fourth-order valence-corrected chi connectivity index (χ4v) is 6.76. The zero-order chi connectivity index (χ0) is 28.5. The Balaban J connectivity index is 1.74. The van der Waals surface area contributed by atoms with Crippen LogP contribution in [0.4, 0.5) is 17.1 Å². The molecule has 204 valence electrons. The number of anilines is 3. The number of nitrogens with zero attached hydrogens (tertiary/aromatic N) is 3. The lowest BCUT2D eigenvalue weighted by molar-refractivity contribution is 0.0866. The maximum absolute atomic E-state index is 4.98. The summed E-state index contributed by atoms with van der Waals surface area (Å²) < 4.78 is 0. The van der Waals surface area contributed by atoms with Crippen LogP contribution in [0.1, 0.15) is 58.5 Å². The van der Waals surface area contributed by atoms with Crippen molar-refractivity contribution in [3.05, 3.63) is 126 Å². The summed E-state index contributed by atoms with van der Waals surface area (Å²) >= 11 is 0. The van der Waals surface area contributed by atoms with E-state index in [1.54, 1.807) is 0 Å². The van der Waals surface area contributed by atoms with Crippen LogP contribution in [0, 0.1) is 17.8 Å². The molecule has 0 saturated carbocycles. The number of aryl methyl sites for hydroxylation is 1. The van der Waals surface area contributed by atoms with Gasteiger partial charge in [0, 0.05) is 39.9 Å². The smallest absolute Gasteiger partial charge is 0.0924 e. The average Bonchev–Trinajstić information content (AvgIpc) is 3.36. The molecule has 0 amide bonds. The van der Waals surface area contributed by atoms with Crippen LogP contribution < -0.4 is 4.90 Å². The molecule has 2 aromatic heterocycles. The predicted molar refractivity (Wildman–Crippen MR) is 167 cm³/mol. The molecule has 4 heteroatoms. The summed E-state index contributed by atoms with van der Waals surface area (Å²) in [6.07, 6.45) is 1.92. The first-order valence-electron chi connectivity index (χ1n) is 14.0. The lowest BCUT2D eigenvalue weighted by atomic mass is 9.49. The number of hydrogen-bond acceptors (Lipinski definition) is 3. The molecule has 0 aliphatic carbocycles. The summed E-state index contributed by atoms with van der Waals surface area (Å²) in [7, 11) is 0. The van der Waals surface area contributed by atoms with Crippen molar-refractivity contribution in [2.75, 3.05) is 4.90 Å². The molecule has 0 atom stereocenters. The Kier molecular flexibility index (Phi) is 7.14. The molecule has 0 unspecified atom stereocenters. The van der Waals surface area contributed by atoms with E-state index < -0.39 is 0 Å². The molecule has 40 heavy (non-hydrogen) atoms. The molecule has 0 fully saturated rings. The third kappa shape index (κ3) is 4.83. The zero-order valence-electron chi connectivity index (χ0n) is 24.7. The zero-order valence-corrected chi connectivity index (χ0v) is 24.7. The largest absolute Gasteiger partial charge is 0.310 e. The van der Waals surface area contributed by atoms with Gasteiger partial charge >= 0.3 is 0 Å². The van der Waals surface area contributed by atoms with E-state index in [0.29, 0.717) is 0 Å². The van der Waals surface area contributed by atoms with Gasteiger partial charge < -0.3 is 4.90 Å². The molecular formula is C36H40N4. The van der Waals surface area contributed by atoms with E-state index in [1.165, 1.54) is 5.56 Å². The maximum Gasteiger partial charge on any atom is 0.0924 e. The molecule has 5 aromatic rings. The summed E-state index contributed by atoms with van der Waals surface area (Å²) in [5.74, 6) is 0. The molecule has 2 heterocycles. The van der Waals surface area contributed by atoms with Crippen molar-refractivity contribution in [3.63, 3.8) is 0 Å². The minimum Gasteiger partial charge on any atom is -0.310 e. The van der Waals surface area contributed by atoms with Crippen LogP contribution >= 0.6 is 0 Å². The second-order valence-corrected chi connectivity index (χ2v) is 12.7. The molecule has 5 rings (SSSR count). The van der Waals surface area contributed by atoms with Gasteiger partial charge in [-0.25, -0.2) is 0 Å². The van der Waals surface area contributed by atoms with Gasteiger partial charge in [0.2, 0.25) is 0 Å². The van der Waals surface area contributed by atoms with Gasteiger partial charge in [0.15, 0.2) is 0 Å². The highest BCUT2D eigenvalue weighted by Gasteiger charge is 2.54. The first-order chi connectivity index (χ1) is 19.0. The molecule has 1 N–H and O–H groups in total. The van der Waals surface area contributed by atoms with Gasteiger partial charge in [-0.3, -0.25) is 10.1 Å². The molecule has 0 radical (unpaired) electrons. The standard InChI is InChI=1S/C36H40N4/c1-26-23-32(39-38-26)27-15-13-19-30(24-27)40(29-17-9-8-10-18-29)31-20-14-16-28(25-31)36(34(2,3)4,35(5,6)7)33-21-11-12-22-37-33/h8-25H,1-7H3,(H,38,39). The molecule has 0 aliphatic rings. The lowest BCUT2D eigenvalue weighted by Crippen LogP contribution is -2.51. The van der Waals surface area contributed by atoms with Gasteiger partial charge in [0.25, 0.3) is 0 Å². The topological polar surface area (TPSA) is 44.8 Å². The van der Waals surface area contributed by atoms with Gasteiger partial charge in [0.1, 0.15) is 0 Å². The first kappa shape index (κ1) is 27.4. The van der Waals surface area contributed by atoms with E-state index in [1.807, 2.05) is 19.2 Å². The maximum atomic E-state index is 4.98. The summed E-state index contributed by atoms with van der Waals surface area (Å²) in [6, 6.07) is 36.6. The molecule has 4 nitrogen and oxygen atoms in total. The van der Waals surface area contributed by atoms with Crippen molar-refractivity contribution < 1.29 is 0 Å². The van der Waals surface area contributed by atoms with Crippen molar-refractivity contribution in [2.24, 2.45) is 10.8 Å². The minimum atomic E-state index is -0.353. The van der Waals surface area contributed by atoms with Crippen molar-refractivity contribution in [1.82, 2.24) is 15.2 Å². The fraction of sp³-hybridized carbons (Fsp3) is 0.278. The summed E-state index contributed by atoms with van der Waals surface area (Å²) in [4.78, 5) is 7.31. The van der Waals surface area contributed by atoms with Crippen molar-refractivity contribution >= 4 is 17.1 Å². The summed E-state index contributed by atoms with van der Waals surface area (Å²) in [6.45, 7) is 16.1. The second-order valence-electron chi connectivity index (χ2n) is 12.7. The highest BCUT2D eigenvalue weighted by atomic mass is 15.1. The van der Waals surface area contributed by atoms with Crippen LogP contribution in [0.5, 0.6) is 0 Å². The highest BCUT2D eigenvalue weighted by molar-refractivity contribution is 5.79. The van der Waals surface area contributed by atoms with Crippen LogP contribution in [0.2, 0.25) is 0 Å². The van der Waals surface area contributed by atoms with Crippen LogP contribution in [0.25, 0.3) is 11.3 Å². The van der Waals surface area contributed by atoms with Crippen molar-refractivity contribution in [1.29, 1.82) is 0 Å². The number of pyridine rings is 1. The number of aromatic nitrogens is 3. The second kappa shape index (κ2) is 10.4. The van der Waals surface area contributed by atoms with Gasteiger partial charge in [-0.2, -0.15) is 5.10 Å². The Morgan fingerprint density at radius 2 is 1.25 bits per heavy atom. The number of aromatic amines is 1. The number of benzene rings is 3. The van der Waals surface area contributed by atoms with Gasteiger partial charge in [-0.05, 0) is 77.9 Å². The third-order valence-electron chi connectivity index (χ3n) is 7.96. The fourth-order valence-electron chi connectivity index (χ4n) is 6.76. The summed E-state index contributed by atoms with van der Waals surface area (Å²) in [5.41, 5.74) is 8.10. The third-order valence-corrected chi connectivity index (χ3v) is 7.96. The highest BCUT2D eigenvalue weighted by Crippen LogP contribution is 2.57. The van der Waals surface area contributed by atoms with Crippen LogP contribution in [-0.4, -0.2) is 15.2 Å². The first-order valence-corrected chi connectivity index (χ1v) is 14.0. The molecule has 0 aliphatic heterocycles. The summed E-state index contributed by atoms with van der Waals surface area (Å²) in [5, 5.41) is 7.59. The van der Waals surface area contributed by atoms with Crippen molar-refractivity contribution in [2.45, 2.75) is 53.9 Å². The molecule has 0 spiro atoms. The minimum absolute atomic E-state index is 0.118. The Morgan fingerprint density at radius 1 is 0.625 bits per heavy atom. The number of rotatable bonds is 6. The SMILES string of the molecule is Cc1cc(-c2cccc(N(c3ccccc3)c3cccc(C(c4ccccn4)(C(C)(C)C)C(C)(C)C)c3)c2)n[nH]1. The van der Waals surface area contributed by atoms with Crippen LogP contribution in [0.3, 0.4) is 0 Å². The van der Waals surface area contributed by atoms with Crippen molar-refractivity contribution in [3.8, 4) is 11.3 Å². The number of para-hydroxylation sites is 1.